The second-order valence-electron chi connectivity index (χ2n) is 6.05. The normalized spacial score (nSPS) is 24.7. The first-order valence-electron chi connectivity index (χ1n) is 8.04. The summed E-state index contributed by atoms with van der Waals surface area (Å²) in [5.41, 5.74) is 0.161. The molecule has 1 heterocycles. The maximum absolute atomic E-state index is 12.3. The van der Waals surface area contributed by atoms with Gasteiger partial charge in [0, 0.05) is 18.7 Å². The molecule has 1 amide bonds. The summed E-state index contributed by atoms with van der Waals surface area (Å²) in [7, 11) is 0. The molecule has 124 valence electrons. The molecule has 23 heavy (non-hydrogen) atoms. The largest absolute Gasteiger partial charge is 0.375 e. The first-order valence-corrected chi connectivity index (χ1v) is 8.04. The van der Waals surface area contributed by atoms with E-state index in [0.29, 0.717) is 6.61 Å². The second kappa shape index (κ2) is 7.06. The van der Waals surface area contributed by atoms with E-state index in [1.54, 1.807) is 18.2 Å². The Labute approximate surface area is 134 Å². The van der Waals surface area contributed by atoms with E-state index in [1.807, 2.05) is 0 Å². The van der Waals surface area contributed by atoms with Crippen LogP contribution in [0.1, 0.15) is 25.7 Å². The zero-order valence-electron chi connectivity index (χ0n) is 12.9. The Bertz CT molecular complexity index is 590. The van der Waals surface area contributed by atoms with Crippen LogP contribution in [0.15, 0.2) is 24.3 Å². The third kappa shape index (κ3) is 3.68. The van der Waals surface area contributed by atoms with Crippen LogP contribution in [0.25, 0.3) is 0 Å². The molecular weight excluding hydrogens is 298 g/mol. The highest BCUT2D eigenvalue weighted by Gasteiger charge is 2.35. The Kier molecular flexibility index (Phi) is 4.88. The molecule has 2 aliphatic rings. The number of nitrogens with zero attached hydrogens (tertiary/aromatic N) is 2. The number of morpholine rings is 1. The fourth-order valence-electron chi connectivity index (χ4n) is 3.49. The van der Waals surface area contributed by atoms with Gasteiger partial charge in [-0.25, -0.2) is 0 Å². The summed E-state index contributed by atoms with van der Waals surface area (Å²) in [5.74, 6) is -0.217. The smallest absolute Gasteiger partial charge is 0.292 e. The van der Waals surface area contributed by atoms with E-state index in [2.05, 4.69) is 10.2 Å². The zero-order valence-corrected chi connectivity index (χ0v) is 12.9. The third-order valence-corrected chi connectivity index (χ3v) is 4.57. The molecule has 0 bridgehead atoms. The molecule has 2 atom stereocenters. The number of hydrogen-bond donors (Lipinski definition) is 1. The zero-order chi connectivity index (χ0) is 16.2. The molecule has 0 unspecified atom stereocenters. The van der Waals surface area contributed by atoms with Crippen LogP contribution in [0.4, 0.5) is 11.4 Å². The van der Waals surface area contributed by atoms with Crippen molar-refractivity contribution in [2.24, 2.45) is 0 Å². The van der Waals surface area contributed by atoms with Crippen molar-refractivity contribution in [3.63, 3.8) is 0 Å². The molecular formula is C16H21N3O4. The van der Waals surface area contributed by atoms with Crippen molar-refractivity contribution in [3.05, 3.63) is 34.4 Å². The summed E-state index contributed by atoms with van der Waals surface area (Å²) in [5, 5.41) is 13.7. The predicted octanol–water partition coefficient (Wildman–Crippen LogP) is 2.18. The topological polar surface area (TPSA) is 84.7 Å². The summed E-state index contributed by atoms with van der Waals surface area (Å²) in [6, 6.07) is 6.49. The number of amides is 1. The summed E-state index contributed by atoms with van der Waals surface area (Å²) in [4.78, 5) is 25.0. The van der Waals surface area contributed by atoms with Crippen LogP contribution < -0.4 is 5.32 Å². The summed E-state index contributed by atoms with van der Waals surface area (Å²) < 4.78 is 5.80. The molecule has 7 heteroatoms. The van der Waals surface area contributed by atoms with E-state index in [4.69, 9.17) is 4.74 Å². The maximum Gasteiger partial charge on any atom is 0.292 e. The highest BCUT2D eigenvalue weighted by molar-refractivity contribution is 5.94. The van der Waals surface area contributed by atoms with Gasteiger partial charge < -0.3 is 10.1 Å². The predicted molar refractivity (Wildman–Crippen MR) is 85.3 cm³/mol. The van der Waals surface area contributed by atoms with E-state index >= 15 is 0 Å². The lowest BCUT2D eigenvalue weighted by molar-refractivity contribution is -0.383. The highest BCUT2D eigenvalue weighted by atomic mass is 16.6. The van der Waals surface area contributed by atoms with Crippen LogP contribution in [0.3, 0.4) is 0 Å². The first-order chi connectivity index (χ1) is 11.1. The maximum atomic E-state index is 12.3. The molecule has 1 saturated carbocycles. The van der Waals surface area contributed by atoms with Gasteiger partial charge in [-0.05, 0) is 18.9 Å². The van der Waals surface area contributed by atoms with Gasteiger partial charge >= 0.3 is 0 Å². The quantitative estimate of drug-likeness (QED) is 0.679. The lowest BCUT2D eigenvalue weighted by Gasteiger charge is -2.43. The van der Waals surface area contributed by atoms with Gasteiger partial charge in [-0.3, -0.25) is 19.8 Å². The van der Waals surface area contributed by atoms with Crippen LogP contribution in [-0.4, -0.2) is 47.6 Å². The van der Waals surface area contributed by atoms with Gasteiger partial charge in [0.15, 0.2) is 0 Å². The molecule has 7 nitrogen and oxygen atoms in total. The number of fused-ring (bicyclic) bond motifs is 1. The molecule has 3 rings (SSSR count). The Balaban J connectivity index is 1.64. The average Bonchev–Trinajstić information content (AvgIpc) is 2.55. The molecule has 1 aromatic rings. The van der Waals surface area contributed by atoms with Crippen molar-refractivity contribution in [1.29, 1.82) is 0 Å². The number of ether oxygens (including phenoxy) is 1. The summed E-state index contributed by atoms with van der Waals surface area (Å²) in [6.45, 7) is 1.61. The number of rotatable bonds is 4. The first kappa shape index (κ1) is 15.9. The number of nitro groups is 1. The Morgan fingerprint density at radius 2 is 2.13 bits per heavy atom. The molecule has 2 fully saturated rings. The minimum Gasteiger partial charge on any atom is -0.375 e. The lowest BCUT2D eigenvalue weighted by atomic mass is 9.90. The highest BCUT2D eigenvalue weighted by Crippen LogP contribution is 2.28. The molecule has 0 spiro atoms. The van der Waals surface area contributed by atoms with Crippen LogP contribution in [0.2, 0.25) is 0 Å². The minimum atomic E-state index is -0.485. The van der Waals surface area contributed by atoms with E-state index in [1.165, 1.54) is 12.5 Å². The number of carbonyl (C=O) groups is 1. The van der Waals surface area contributed by atoms with Crippen LogP contribution >= 0.6 is 0 Å². The van der Waals surface area contributed by atoms with Crippen molar-refractivity contribution in [3.8, 4) is 0 Å². The molecule has 1 aliphatic heterocycles. The lowest BCUT2D eigenvalue weighted by Crippen LogP contribution is -2.54. The SMILES string of the molecule is O=C(CN1CCO[C@@H]2CCCC[C@@H]21)Nc1ccccc1[N+](=O)[O-]. The van der Waals surface area contributed by atoms with E-state index in [-0.39, 0.29) is 36.0 Å². The molecule has 1 saturated heterocycles. The number of nitrogens with one attached hydrogen (secondary N) is 1. The fourth-order valence-corrected chi connectivity index (χ4v) is 3.49. The summed E-state index contributed by atoms with van der Waals surface area (Å²) >= 11 is 0. The second-order valence-corrected chi connectivity index (χ2v) is 6.05. The number of para-hydroxylation sites is 2. The van der Waals surface area contributed by atoms with Crippen molar-refractivity contribution in [2.75, 3.05) is 25.0 Å². The number of carbonyl (C=O) groups excluding carboxylic acids is 1. The van der Waals surface area contributed by atoms with Crippen LogP contribution in [-0.2, 0) is 9.53 Å². The number of benzene rings is 1. The molecule has 0 radical (unpaired) electrons. The number of anilines is 1. The van der Waals surface area contributed by atoms with Gasteiger partial charge in [0.2, 0.25) is 5.91 Å². The average molecular weight is 319 g/mol. The van der Waals surface area contributed by atoms with Gasteiger partial charge in [-0.15, -0.1) is 0 Å². The van der Waals surface area contributed by atoms with E-state index in [0.717, 1.165) is 25.8 Å². The van der Waals surface area contributed by atoms with E-state index < -0.39 is 4.92 Å². The van der Waals surface area contributed by atoms with Gasteiger partial charge in [0.05, 0.1) is 24.2 Å². The Morgan fingerprint density at radius 3 is 2.96 bits per heavy atom. The third-order valence-electron chi connectivity index (χ3n) is 4.57. The van der Waals surface area contributed by atoms with Crippen LogP contribution in [0, 0.1) is 10.1 Å². The van der Waals surface area contributed by atoms with E-state index in [9.17, 15) is 14.9 Å². The van der Waals surface area contributed by atoms with Crippen molar-refractivity contribution in [2.45, 2.75) is 37.8 Å². The fraction of sp³-hybridized carbons (Fsp3) is 0.562. The Hall–Kier alpha value is -1.99. The molecule has 1 N–H and O–H groups in total. The minimum absolute atomic E-state index is 0.0848. The molecule has 1 aromatic carbocycles. The number of hydrogen-bond acceptors (Lipinski definition) is 5. The van der Waals surface area contributed by atoms with Gasteiger partial charge in [-0.2, -0.15) is 0 Å². The van der Waals surface area contributed by atoms with Crippen molar-refractivity contribution < 1.29 is 14.5 Å². The van der Waals surface area contributed by atoms with Gasteiger partial charge in [0.25, 0.3) is 5.69 Å². The summed E-state index contributed by atoms with van der Waals surface area (Å²) in [6.07, 6.45) is 4.65. The van der Waals surface area contributed by atoms with Crippen LogP contribution in [0.5, 0.6) is 0 Å². The monoisotopic (exact) mass is 319 g/mol. The van der Waals surface area contributed by atoms with Gasteiger partial charge in [0.1, 0.15) is 5.69 Å². The standard InChI is InChI=1S/C16H21N3O4/c20-16(17-12-5-1-2-6-13(12)19(21)22)11-18-9-10-23-15-8-4-3-7-14(15)18/h1-2,5-6,14-15H,3-4,7-11H2,(H,17,20)/t14-,15+/m0/s1. The number of nitro benzene ring substituents is 1. The molecule has 1 aliphatic carbocycles. The Morgan fingerprint density at radius 1 is 1.35 bits per heavy atom. The molecule has 0 aromatic heterocycles. The van der Waals surface area contributed by atoms with Gasteiger partial charge in [-0.1, -0.05) is 25.0 Å². The van der Waals surface area contributed by atoms with Crippen molar-refractivity contribution in [1.82, 2.24) is 4.90 Å². The van der Waals surface area contributed by atoms with Crippen molar-refractivity contribution >= 4 is 17.3 Å².